The van der Waals surface area contributed by atoms with Gasteiger partial charge in [-0.1, -0.05) is 15.9 Å². The number of benzene rings is 1. The highest BCUT2D eigenvalue weighted by atomic mass is 79.9. The van der Waals surface area contributed by atoms with Gasteiger partial charge in [-0.25, -0.2) is 0 Å². The van der Waals surface area contributed by atoms with Crippen LogP contribution >= 0.6 is 15.9 Å². The van der Waals surface area contributed by atoms with E-state index in [1.165, 1.54) is 12.1 Å². The summed E-state index contributed by atoms with van der Waals surface area (Å²) in [6.45, 7) is 4.30. The molecule has 2 N–H and O–H groups in total. The summed E-state index contributed by atoms with van der Waals surface area (Å²) in [6.07, 6.45) is -0.624. The van der Waals surface area contributed by atoms with E-state index >= 15 is 0 Å². The van der Waals surface area contributed by atoms with E-state index in [0.29, 0.717) is 16.8 Å². The maximum absolute atomic E-state index is 10.8. The quantitative estimate of drug-likeness (QED) is 0.581. The lowest BCUT2D eigenvalue weighted by Gasteiger charge is -2.28. The number of halogens is 1. The van der Waals surface area contributed by atoms with Crippen molar-refractivity contribution in [1.82, 2.24) is 10.2 Å². The highest BCUT2D eigenvalue weighted by molar-refractivity contribution is 9.10. The van der Waals surface area contributed by atoms with Crippen molar-refractivity contribution >= 4 is 21.6 Å². The van der Waals surface area contributed by atoms with Crippen LogP contribution in [0.5, 0.6) is 5.75 Å². The van der Waals surface area contributed by atoms with Crippen molar-refractivity contribution in [3.05, 3.63) is 32.8 Å². The topological polar surface area (TPSA) is 87.9 Å². The zero-order chi connectivity index (χ0) is 15.2. The summed E-state index contributed by atoms with van der Waals surface area (Å²) in [5, 5.41) is 24.0. The summed E-state index contributed by atoms with van der Waals surface area (Å²) in [5.41, 5.74) is -0.0454. The summed E-state index contributed by atoms with van der Waals surface area (Å²) >= 11 is 3.21. The van der Waals surface area contributed by atoms with Crippen LogP contribution in [0, 0.1) is 10.1 Å². The van der Waals surface area contributed by atoms with Gasteiger partial charge in [0.25, 0.3) is 5.69 Å². The van der Waals surface area contributed by atoms with Gasteiger partial charge in [0.1, 0.15) is 18.5 Å². The molecule has 0 amide bonds. The van der Waals surface area contributed by atoms with Gasteiger partial charge in [-0.15, -0.1) is 0 Å². The molecule has 2 rings (SSSR count). The number of β-amino-alcohol motifs (C(OH)–C–C–N with tert-alkyl or cyclic N) is 1. The zero-order valence-corrected chi connectivity index (χ0v) is 13.1. The second-order valence-corrected chi connectivity index (χ2v) is 5.83. The van der Waals surface area contributed by atoms with Crippen LogP contribution in [-0.2, 0) is 0 Å². The van der Waals surface area contributed by atoms with Crippen LogP contribution in [-0.4, -0.2) is 60.4 Å². The molecule has 1 atom stereocenters. The molecule has 1 aromatic carbocycles. The minimum atomic E-state index is -0.624. The molecule has 8 heteroatoms. The van der Waals surface area contributed by atoms with Gasteiger partial charge < -0.3 is 15.2 Å². The van der Waals surface area contributed by atoms with Crippen molar-refractivity contribution in [2.45, 2.75) is 6.10 Å². The van der Waals surface area contributed by atoms with E-state index in [4.69, 9.17) is 4.74 Å². The average molecular weight is 360 g/mol. The summed E-state index contributed by atoms with van der Waals surface area (Å²) in [6, 6.07) is 4.40. The molecule has 1 saturated heterocycles. The minimum absolute atomic E-state index is 0.0454. The number of nitrogens with zero attached hydrogens (tertiary/aromatic N) is 2. The monoisotopic (exact) mass is 359 g/mol. The number of nitrogens with one attached hydrogen (secondary N) is 1. The molecule has 1 aliphatic heterocycles. The molecular weight excluding hydrogens is 342 g/mol. The lowest BCUT2D eigenvalue weighted by atomic mass is 10.3. The predicted molar refractivity (Wildman–Crippen MR) is 81.6 cm³/mol. The maximum Gasteiger partial charge on any atom is 0.274 e. The lowest BCUT2D eigenvalue weighted by Crippen LogP contribution is -2.47. The zero-order valence-electron chi connectivity index (χ0n) is 11.5. The third kappa shape index (κ3) is 5.24. The van der Waals surface area contributed by atoms with Gasteiger partial charge in [0.2, 0.25) is 0 Å². The first kappa shape index (κ1) is 16.2. The molecule has 0 aromatic heterocycles. The van der Waals surface area contributed by atoms with Gasteiger partial charge in [-0.2, -0.15) is 0 Å². The van der Waals surface area contributed by atoms with E-state index in [0.717, 1.165) is 26.2 Å². The SMILES string of the molecule is O=[N+]([O-])c1cc(Br)cc(OCC(O)CN2CCNCC2)c1. The molecule has 1 heterocycles. The molecular formula is C13H18BrN3O4. The van der Waals surface area contributed by atoms with Gasteiger partial charge >= 0.3 is 0 Å². The number of non-ortho nitro benzene ring substituents is 1. The number of aliphatic hydroxyl groups is 1. The van der Waals surface area contributed by atoms with Gasteiger partial charge in [0.15, 0.2) is 0 Å². The Morgan fingerprint density at radius 1 is 1.43 bits per heavy atom. The number of nitro benzene ring substituents is 1. The second-order valence-electron chi connectivity index (χ2n) is 4.92. The molecule has 0 saturated carbocycles. The number of hydrogen-bond donors (Lipinski definition) is 2. The molecule has 116 valence electrons. The number of ether oxygens (including phenoxy) is 1. The van der Waals surface area contributed by atoms with Crippen molar-refractivity contribution < 1.29 is 14.8 Å². The molecule has 1 aromatic rings. The molecule has 1 aliphatic rings. The molecule has 0 bridgehead atoms. The summed E-state index contributed by atoms with van der Waals surface area (Å²) < 4.78 is 6.03. The predicted octanol–water partition coefficient (Wildman–Crippen LogP) is 1.00. The Kier molecular flexibility index (Phi) is 5.92. The molecule has 1 fully saturated rings. The first-order chi connectivity index (χ1) is 10.0. The standard InChI is InChI=1S/C13H18BrN3O4/c14-10-5-11(17(19)20)7-13(6-10)21-9-12(18)8-16-3-1-15-2-4-16/h5-7,12,15,18H,1-4,8-9H2. The first-order valence-electron chi connectivity index (χ1n) is 6.73. The molecule has 0 radical (unpaired) electrons. The van der Waals surface area contributed by atoms with Crippen LogP contribution < -0.4 is 10.1 Å². The van der Waals surface area contributed by atoms with Crippen LogP contribution in [0.4, 0.5) is 5.69 Å². The van der Waals surface area contributed by atoms with Crippen molar-refractivity contribution in [3.63, 3.8) is 0 Å². The van der Waals surface area contributed by atoms with Gasteiger partial charge in [-0.3, -0.25) is 15.0 Å². The van der Waals surface area contributed by atoms with E-state index < -0.39 is 11.0 Å². The Balaban J connectivity index is 1.85. The van der Waals surface area contributed by atoms with Crippen molar-refractivity contribution in [2.75, 3.05) is 39.3 Å². The Morgan fingerprint density at radius 3 is 2.81 bits per heavy atom. The number of rotatable bonds is 6. The van der Waals surface area contributed by atoms with Crippen LogP contribution in [0.1, 0.15) is 0 Å². The fraction of sp³-hybridized carbons (Fsp3) is 0.538. The Labute approximate surface area is 131 Å². The van der Waals surface area contributed by atoms with E-state index in [1.54, 1.807) is 6.07 Å². The van der Waals surface area contributed by atoms with E-state index in [-0.39, 0.29) is 12.3 Å². The third-order valence-corrected chi connectivity index (χ3v) is 3.65. The molecule has 21 heavy (non-hydrogen) atoms. The summed E-state index contributed by atoms with van der Waals surface area (Å²) in [4.78, 5) is 12.5. The van der Waals surface area contributed by atoms with Crippen molar-refractivity contribution in [3.8, 4) is 5.75 Å². The number of piperazine rings is 1. The van der Waals surface area contributed by atoms with E-state index in [9.17, 15) is 15.2 Å². The first-order valence-corrected chi connectivity index (χ1v) is 7.53. The Hall–Kier alpha value is -1.22. The normalized spacial score (nSPS) is 17.4. The summed E-state index contributed by atoms with van der Waals surface area (Å²) in [7, 11) is 0. The highest BCUT2D eigenvalue weighted by Crippen LogP contribution is 2.26. The fourth-order valence-corrected chi connectivity index (χ4v) is 2.63. The fourth-order valence-electron chi connectivity index (χ4n) is 2.17. The summed E-state index contributed by atoms with van der Waals surface area (Å²) in [5.74, 6) is 0.371. The maximum atomic E-state index is 10.8. The number of hydrogen-bond acceptors (Lipinski definition) is 6. The van der Waals surface area contributed by atoms with Gasteiger partial charge in [0, 0.05) is 43.3 Å². The van der Waals surface area contributed by atoms with Gasteiger partial charge in [0.05, 0.1) is 11.0 Å². The van der Waals surface area contributed by atoms with Crippen LogP contribution in [0.3, 0.4) is 0 Å². The second kappa shape index (κ2) is 7.69. The highest BCUT2D eigenvalue weighted by Gasteiger charge is 2.15. The molecule has 0 spiro atoms. The van der Waals surface area contributed by atoms with Crippen LogP contribution in [0.15, 0.2) is 22.7 Å². The van der Waals surface area contributed by atoms with Crippen molar-refractivity contribution in [2.24, 2.45) is 0 Å². The van der Waals surface area contributed by atoms with Crippen LogP contribution in [0.2, 0.25) is 0 Å². The van der Waals surface area contributed by atoms with E-state index in [1.807, 2.05) is 0 Å². The third-order valence-electron chi connectivity index (χ3n) is 3.19. The molecule has 0 aliphatic carbocycles. The number of aliphatic hydroxyl groups excluding tert-OH is 1. The average Bonchev–Trinajstić information content (AvgIpc) is 2.45. The number of nitro groups is 1. The molecule has 1 unspecified atom stereocenters. The Bertz CT molecular complexity index is 494. The van der Waals surface area contributed by atoms with Crippen molar-refractivity contribution in [1.29, 1.82) is 0 Å². The lowest BCUT2D eigenvalue weighted by molar-refractivity contribution is -0.385. The Morgan fingerprint density at radius 2 is 2.14 bits per heavy atom. The largest absolute Gasteiger partial charge is 0.491 e. The van der Waals surface area contributed by atoms with E-state index in [2.05, 4.69) is 26.1 Å². The smallest absolute Gasteiger partial charge is 0.274 e. The van der Waals surface area contributed by atoms with Gasteiger partial charge in [-0.05, 0) is 6.07 Å². The van der Waals surface area contributed by atoms with Crippen LogP contribution in [0.25, 0.3) is 0 Å². The molecule has 7 nitrogen and oxygen atoms in total. The minimum Gasteiger partial charge on any atom is -0.491 e.